The number of rotatable bonds is 11. The third kappa shape index (κ3) is 5.47. The Kier molecular flexibility index (Phi) is 8.95. The smallest absolute Gasteiger partial charge is 0.379 e. The van der Waals surface area contributed by atoms with E-state index >= 15 is 0 Å². The van der Waals surface area contributed by atoms with Gasteiger partial charge in [-0.2, -0.15) is 70.2 Å². The van der Waals surface area contributed by atoms with Gasteiger partial charge in [-0.25, -0.2) is 8.42 Å². The number of hydrogen-bond acceptors (Lipinski definition) is 4. The van der Waals surface area contributed by atoms with Crippen LogP contribution in [-0.2, 0) is 14.8 Å². The van der Waals surface area contributed by atoms with Crippen LogP contribution in [0.25, 0.3) is 0 Å². The highest BCUT2D eigenvalue weighted by Crippen LogP contribution is 2.59. The van der Waals surface area contributed by atoms with Gasteiger partial charge in [-0.3, -0.25) is 4.90 Å². The summed E-state index contributed by atoms with van der Waals surface area (Å²) in [6.45, 7) is -1.19. The van der Waals surface area contributed by atoms with E-state index in [1.165, 1.54) is 4.90 Å². The Hall–Kier alpha value is -1.22. The highest BCUT2D eigenvalue weighted by Gasteiger charge is 2.86. The monoisotopic (exact) mass is 590 g/mol. The van der Waals surface area contributed by atoms with Crippen LogP contribution in [0.1, 0.15) is 6.42 Å². The first-order valence-electron chi connectivity index (χ1n) is 9.30. The first kappa shape index (κ1) is 32.8. The Morgan fingerprint density at radius 1 is 0.722 bits per heavy atom. The summed E-state index contributed by atoms with van der Waals surface area (Å²) in [6.07, 6.45) is -12.0. The highest BCUT2D eigenvalue weighted by atomic mass is 32.2. The van der Waals surface area contributed by atoms with Gasteiger partial charge in [-0.1, -0.05) is 0 Å². The number of alkyl halides is 15. The minimum absolute atomic E-state index is 0.0873. The number of sulfonamides is 1. The molecular formula is C15H17F15N2O3S. The maximum atomic E-state index is 14.1. The molecule has 216 valence electrons. The second kappa shape index (κ2) is 9.83. The van der Waals surface area contributed by atoms with E-state index in [0.717, 1.165) is 0 Å². The van der Waals surface area contributed by atoms with Crippen LogP contribution >= 0.6 is 0 Å². The largest absolute Gasteiger partial charge is 0.459 e. The van der Waals surface area contributed by atoms with Crippen LogP contribution in [0.4, 0.5) is 65.9 Å². The minimum Gasteiger partial charge on any atom is -0.379 e. The van der Waals surface area contributed by atoms with Gasteiger partial charge in [0.05, 0.1) is 19.6 Å². The molecule has 0 bridgehead atoms. The number of likely N-dealkylation sites (N-methyl/N-ethyl adjacent to an activating group) is 1. The quantitative estimate of drug-likeness (QED) is 0.337. The summed E-state index contributed by atoms with van der Waals surface area (Å²) in [7, 11) is -6.81. The van der Waals surface area contributed by atoms with Crippen molar-refractivity contribution < 1.29 is 79.0 Å². The molecule has 0 aliphatic carbocycles. The Balaban J connectivity index is 3.29. The Morgan fingerprint density at radius 3 is 1.56 bits per heavy atom. The number of ether oxygens (including phenoxy) is 1. The molecule has 0 radical (unpaired) electrons. The minimum atomic E-state index is -7.87. The molecule has 0 aromatic heterocycles. The molecule has 0 atom stereocenters. The third-order valence-electron chi connectivity index (χ3n) is 5.05. The topological polar surface area (TPSA) is 49.9 Å². The van der Waals surface area contributed by atoms with Crippen LogP contribution < -0.4 is 0 Å². The zero-order chi connectivity index (χ0) is 28.8. The summed E-state index contributed by atoms with van der Waals surface area (Å²) in [5.74, 6) is -37.7. The number of nitrogens with zero attached hydrogens (tertiary/aromatic N) is 2. The Bertz CT molecular complexity index is 870. The van der Waals surface area contributed by atoms with Gasteiger partial charge in [0.1, 0.15) is 0 Å². The lowest BCUT2D eigenvalue weighted by molar-refractivity contribution is -0.389. The van der Waals surface area contributed by atoms with Gasteiger partial charge in [0.15, 0.2) is 0 Å². The molecule has 1 fully saturated rings. The third-order valence-corrected chi connectivity index (χ3v) is 6.96. The lowest BCUT2D eigenvalue weighted by atomic mass is 9.95. The summed E-state index contributed by atoms with van der Waals surface area (Å²) in [4.78, 5) is 1.34. The fraction of sp³-hybridized carbons (Fsp3) is 1.00. The molecule has 1 aliphatic rings. The van der Waals surface area contributed by atoms with E-state index < -0.39 is 74.9 Å². The van der Waals surface area contributed by atoms with Crippen molar-refractivity contribution in [1.82, 2.24) is 9.21 Å². The lowest BCUT2D eigenvalue weighted by Crippen LogP contribution is -2.67. The average Bonchev–Trinajstić information content (AvgIpc) is 2.70. The van der Waals surface area contributed by atoms with E-state index in [9.17, 15) is 74.3 Å². The first-order valence-corrected chi connectivity index (χ1v) is 10.7. The van der Waals surface area contributed by atoms with Crippen LogP contribution in [0, 0.1) is 0 Å². The van der Waals surface area contributed by atoms with Crippen LogP contribution in [0.3, 0.4) is 0 Å². The van der Waals surface area contributed by atoms with E-state index in [1.54, 1.807) is 0 Å². The summed E-state index contributed by atoms with van der Waals surface area (Å²) < 4.78 is 227. The summed E-state index contributed by atoms with van der Waals surface area (Å²) >= 11 is 0. The fourth-order valence-corrected chi connectivity index (χ4v) is 3.87. The van der Waals surface area contributed by atoms with Crippen LogP contribution in [-0.4, -0.2) is 105 Å². The van der Waals surface area contributed by atoms with Crippen molar-refractivity contribution in [3.63, 3.8) is 0 Å². The molecule has 1 heterocycles. The maximum Gasteiger partial charge on any atom is 0.459 e. The lowest BCUT2D eigenvalue weighted by Gasteiger charge is -2.39. The SMILES string of the molecule is CN(CCN1CCOCC1)S(=O)(=O)C(F)(F)C(F)(F)C(F)(F)C(F)(F)CC(F)(F)C(F)(F)C(F)(F)F. The summed E-state index contributed by atoms with van der Waals surface area (Å²) in [6, 6.07) is 0. The second-order valence-corrected chi connectivity index (χ2v) is 9.69. The van der Waals surface area contributed by atoms with E-state index in [4.69, 9.17) is 4.74 Å². The van der Waals surface area contributed by atoms with Crippen LogP contribution in [0.5, 0.6) is 0 Å². The van der Waals surface area contributed by atoms with Gasteiger partial charge < -0.3 is 4.74 Å². The molecule has 0 unspecified atom stereocenters. The van der Waals surface area contributed by atoms with E-state index in [1.807, 2.05) is 0 Å². The molecule has 36 heavy (non-hydrogen) atoms. The van der Waals surface area contributed by atoms with Gasteiger partial charge in [0, 0.05) is 33.2 Å². The molecule has 1 aliphatic heterocycles. The molecule has 1 rings (SSSR count). The molecular weight excluding hydrogens is 573 g/mol. The molecule has 5 nitrogen and oxygen atoms in total. The van der Waals surface area contributed by atoms with Crippen molar-refractivity contribution in [3.05, 3.63) is 0 Å². The van der Waals surface area contributed by atoms with Gasteiger partial charge in [0.2, 0.25) is 0 Å². The predicted molar refractivity (Wildman–Crippen MR) is 89.2 cm³/mol. The van der Waals surface area contributed by atoms with E-state index in [-0.39, 0.29) is 33.4 Å². The van der Waals surface area contributed by atoms with Crippen molar-refractivity contribution in [2.45, 2.75) is 47.5 Å². The van der Waals surface area contributed by atoms with Crippen molar-refractivity contribution in [3.8, 4) is 0 Å². The van der Waals surface area contributed by atoms with Gasteiger partial charge in [-0.15, -0.1) is 0 Å². The van der Waals surface area contributed by atoms with Crippen molar-refractivity contribution in [1.29, 1.82) is 0 Å². The maximum absolute atomic E-state index is 14.1. The standard InChI is InChI=1S/C15H17F15N2O3S/c1-31(2-3-32-4-6-35-7-5-32)36(33,34)15(29,30)13(24,25)11(20,21)9(16,17)8-10(18,19)12(22,23)14(26,27)28/h2-8H2,1H3. The number of halogens is 15. The highest BCUT2D eigenvalue weighted by molar-refractivity contribution is 7.90. The molecule has 0 aromatic carbocycles. The summed E-state index contributed by atoms with van der Waals surface area (Å²) in [5, 5.41) is -7.17. The molecule has 0 aromatic rings. The van der Waals surface area contributed by atoms with Gasteiger partial charge >= 0.3 is 41.0 Å². The van der Waals surface area contributed by atoms with Crippen molar-refractivity contribution in [2.75, 3.05) is 46.4 Å². The molecule has 0 N–H and O–H groups in total. The van der Waals surface area contributed by atoms with E-state index in [2.05, 4.69) is 0 Å². The summed E-state index contributed by atoms with van der Waals surface area (Å²) in [5.41, 5.74) is 0. The molecule has 21 heteroatoms. The molecule has 0 amide bonds. The van der Waals surface area contributed by atoms with Crippen LogP contribution in [0.15, 0.2) is 0 Å². The first-order chi connectivity index (χ1) is 15.7. The molecule has 0 spiro atoms. The predicted octanol–water partition coefficient (Wildman–Crippen LogP) is 4.30. The van der Waals surface area contributed by atoms with Gasteiger partial charge in [-0.05, 0) is 0 Å². The Labute approximate surface area is 193 Å². The number of morpholine rings is 1. The molecule has 1 saturated heterocycles. The van der Waals surface area contributed by atoms with Crippen LogP contribution in [0.2, 0.25) is 0 Å². The van der Waals surface area contributed by atoms with Gasteiger partial charge in [0.25, 0.3) is 10.0 Å². The Morgan fingerprint density at radius 2 is 1.14 bits per heavy atom. The fourth-order valence-electron chi connectivity index (χ4n) is 2.71. The van der Waals surface area contributed by atoms with Crippen molar-refractivity contribution in [2.24, 2.45) is 0 Å². The average molecular weight is 590 g/mol. The van der Waals surface area contributed by atoms with Crippen molar-refractivity contribution >= 4 is 10.0 Å². The van der Waals surface area contributed by atoms with E-state index in [0.29, 0.717) is 0 Å². The normalized spacial score (nSPS) is 18.7. The zero-order valence-corrected chi connectivity index (χ0v) is 18.5. The second-order valence-electron chi connectivity index (χ2n) is 7.60. The zero-order valence-electron chi connectivity index (χ0n) is 17.6. The number of hydrogen-bond donors (Lipinski definition) is 0. The molecule has 0 saturated carbocycles.